The van der Waals surface area contributed by atoms with Crippen molar-refractivity contribution in [3.8, 4) is 11.1 Å². The van der Waals surface area contributed by atoms with Crippen molar-refractivity contribution >= 4 is 17.8 Å². The zero-order valence-electron chi connectivity index (χ0n) is 19.2. The molecule has 8 heteroatoms. The van der Waals surface area contributed by atoms with E-state index in [4.69, 9.17) is 0 Å². The third kappa shape index (κ3) is 6.37. The Kier molecular flexibility index (Phi) is 8.14. The van der Waals surface area contributed by atoms with Crippen molar-refractivity contribution in [1.29, 1.82) is 0 Å². The number of benzene rings is 1. The van der Waals surface area contributed by atoms with Gasteiger partial charge in [0.2, 0.25) is 11.8 Å². The van der Waals surface area contributed by atoms with E-state index < -0.39 is 23.5 Å². The Balaban J connectivity index is 1.68. The molecule has 2 unspecified atom stereocenters. The van der Waals surface area contributed by atoms with Gasteiger partial charge in [0.1, 0.15) is 17.9 Å². The summed E-state index contributed by atoms with van der Waals surface area (Å²) >= 11 is 0. The van der Waals surface area contributed by atoms with Gasteiger partial charge in [-0.3, -0.25) is 9.59 Å². The first kappa shape index (κ1) is 24.4. The Morgan fingerprint density at radius 3 is 2.27 bits per heavy atom. The molecule has 1 aliphatic carbocycles. The number of hydrogen-bond donors (Lipinski definition) is 3. The third-order valence-corrected chi connectivity index (χ3v) is 6.39. The van der Waals surface area contributed by atoms with Crippen molar-refractivity contribution in [1.82, 2.24) is 20.6 Å². The van der Waals surface area contributed by atoms with Gasteiger partial charge in [-0.05, 0) is 29.9 Å². The van der Waals surface area contributed by atoms with Crippen LogP contribution in [0, 0.1) is 5.92 Å². The lowest BCUT2D eigenvalue weighted by Crippen LogP contribution is -2.60. The summed E-state index contributed by atoms with van der Waals surface area (Å²) in [6.07, 6.45) is 8.93. The van der Waals surface area contributed by atoms with Gasteiger partial charge in [-0.15, -0.1) is 0 Å². The van der Waals surface area contributed by atoms with Crippen molar-refractivity contribution in [2.45, 2.75) is 70.4 Å². The summed E-state index contributed by atoms with van der Waals surface area (Å²) in [5.41, 5.74) is 1.53. The monoisotopic (exact) mass is 452 g/mol. The Morgan fingerprint density at radius 2 is 1.70 bits per heavy atom. The number of nitrogens with zero attached hydrogens (tertiary/aromatic N) is 2. The van der Waals surface area contributed by atoms with Gasteiger partial charge in [0.25, 0.3) is 0 Å². The molecule has 8 nitrogen and oxygen atoms in total. The van der Waals surface area contributed by atoms with Gasteiger partial charge in [0, 0.05) is 30.8 Å². The number of carbonyl (C=O) groups is 3. The summed E-state index contributed by atoms with van der Waals surface area (Å²) in [7, 11) is 0. The molecule has 0 saturated heterocycles. The average Bonchev–Trinajstić information content (AvgIpc) is 3.29. The molecule has 1 aliphatic rings. The van der Waals surface area contributed by atoms with Gasteiger partial charge >= 0.3 is 5.97 Å². The van der Waals surface area contributed by atoms with E-state index in [1.165, 1.54) is 6.33 Å². The number of aliphatic carboxylic acids is 1. The van der Waals surface area contributed by atoms with Gasteiger partial charge in [-0.25, -0.2) is 14.8 Å². The van der Waals surface area contributed by atoms with E-state index in [0.29, 0.717) is 19.3 Å². The number of carboxylic acid groups (broad SMARTS) is 1. The van der Waals surface area contributed by atoms with E-state index in [-0.39, 0.29) is 18.2 Å². The van der Waals surface area contributed by atoms with Gasteiger partial charge in [-0.2, -0.15) is 0 Å². The molecular weight excluding hydrogens is 420 g/mol. The van der Waals surface area contributed by atoms with Crippen LogP contribution < -0.4 is 10.6 Å². The summed E-state index contributed by atoms with van der Waals surface area (Å²) in [6, 6.07) is 6.34. The molecule has 0 spiro atoms. The van der Waals surface area contributed by atoms with Crippen LogP contribution in [0.2, 0.25) is 0 Å². The quantitative estimate of drug-likeness (QED) is 0.509. The lowest BCUT2D eigenvalue weighted by atomic mass is 9.93. The number of aromatic nitrogens is 2. The van der Waals surface area contributed by atoms with E-state index in [0.717, 1.165) is 36.0 Å². The molecule has 0 radical (unpaired) electrons. The SMILES string of the molecule is CCC(C)CC(=O)NC1(C(=O)NC(Cc2ccc(-c3cncnc3)cc2)C(=O)O)CCCC1. The lowest BCUT2D eigenvalue weighted by Gasteiger charge is -2.31. The molecule has 2 amide bonds. The summed E-state index contributed by atoms with van der Waals surface area (Å²) in [5.74, 6) is -1.46. The Hall–Kier alpha value is -3.29. The topological polar surface area (TPSA) is 121 Å². The predicted molar refractivity (Wildman–Crippen MR) is 124 cm³/mol. The summed E-state index contributed by atoms with van der Waals surface area (Å²) < 4.78 is 0. The highest BCUT2D eigenvalue weighted by Gasteiger charge is 2.43. The summed E-state index contributed by atoms with van der Waals surface area (Å²) in [4.78, 5) is 45.7. The van der Waals surface area contributed by atoms with Crippen LogP contribution in [0.3, 0.4) is 0 Å². The number of carboxylic acids is 1. The number of rotatable bonds is 10. The first-order valence-corrected chi connectivity index (χ1v) is 11.5. The highest BCUT2D eigenvalue weighted by molar-refractivity contribution is 5.94. The fourth-order valence-electron chi connectivity index (χ4n) is 4.18. The fraction of sp³-hybridized carbons (Fsp3) is 0.480. The Labute approximate surface area is 194 Å². The second-order valence-corrected chi connectivity index (χ2v) is 8.95. The molecule has 1 aromatic heterocycles. The van der Waals surface area contributed by atoms with Crippen LogP contribution >= 0.6 is 0 Å². The maximum absolute atomic E-state index is 13.2. The first-order valence-electron chi connectivity index (χ1n) is 11.5. The van der Waals surface area contributed by atoms with Crippen molar-refractivity contribution in [3.63, 3.8) is 0 Å². The largest absolute Gasteiger partial charge is 0.480 e. The second kappa shape index (κ2) is 11.0. The highest BCUT2D eigenvalue weighted by Crippen LogP contribution is 2.30. The molecule has 1 fully saturated rings. The standard InChI is InChI=1S/C25H32N4O4/c1-3-17(2)12-22(30)29-25(10-4-5-11-25)24(33)28-21(23(31)32)13-18-6-8-19(9-7-18)20-14-26-16-27-15-20/h6-9,14-17,21H,3-5,10-13H2,1-2H3,(H,28,33)(H,29,30)(H,31,32). The van der Waals surface area contributed by atoms with E-state index >= 15 is 0 Å². The van der Waals surface area contributed by atoms with Gasteiger partial charge in [0.05, 0.1) is 0 Å². The molecule has 3 N–H and O–H groups in total. The fourth-order valence-corrected chi connectivity index (χ4v) is 4.18. The minimum Gasteiger partial charge on any atom is -0.480 e. The molecule has 176 valence electrons. The van der Waals surface area contributed by atoms with Crippen molar-refractivity contribution in [2.75, 3.05) is 0 Å². The smallest absolute Gasteiger partial charge is 0.326 e. The van der Waals surface area contributed by atoms with Crippen LogP contribution in [0.15, 0.2) is 43.0 Å². The molecule has 0 aliphatic heterocycles. The molecule has 1 heterocycles. The Bertz CT molecular complexity index is 956. The number of carbonyl (C=O) groups excluding carboxylic acids is 2. The molecule has 1 saturated carbocycles. The van der Waals surface area contributed by atoms with Crippen molar-refractivity contribution < 1.29 is 19.5 Å². The number of hydrogen-bond acceptors (Lipinski definition) is 5. The molecule has 1 aromatic carbocycles. The molecule has 2 atom stereocenters. The average molecular weight is 453 g/mol. The highest BCUT2D eigenvalue weighted by atomic mass is 16.4. The van der Waals surface area contributed by atoms with Crippen LogP contribution in [0.1, 0.15) is 57.9 Å². The van der Waals surface area contributed by atoms with Crippen molar-refractivity contribution in [2.24, 2.45) is 5.92 Å². The summed E-state index contributed by atoms with van der Waals surface area (Å²) in [6.45, 7) is 4.02. The molecule has 0 bridgehead atoms. The van der Waals surface area contributed by atoms with Crippen molar-refractivity contribution in [3.05, 3.63) is 48.5 Å². The van der Waals surface area contributed by atoms with Crippen LogP contribution in [0.4, 0.5) is 0 Å². The number of amides is 2. The van der Waals surface area contributed by atoms with Crippen LogP contribution in [-0.4, -0.2) is 44.4 Å². The van der Waals surface area contributed by atoms with Crippen LogP contribution in [-0.2, 0) is 20.8 Å². The van der Waals surface area contributed by atoms with Gasteiger partial charge in [-0.1, -0.05) is 57.4 Å². The Morgan fingerprint density at radius 1 is 1.06 bits per heavy atom. The minimum atomic E-state index is -1.11. The van der Waals surface area contributed by atoms with E-state index in [9.17, 15) is 19.5 Å². The van der Waals surface area contributed by atoms with Crippen LogP contribution in [0.25, 0.3) is 11.1 Å². The molecule has 2 aromatic rings. The summed E-state index contributed by atoms with van der Waals surface area (Å²) in [5, 5.41) is 15.4. The second-order valence-electron chi connectivity index (χ2n) is 8.95. The van der Waals surface area contributed by atoms with Gasteiger partial charge < -0.3 is 15.7 Å². The zero-order valence-corrected chi connectivity index (χ0v) is 19.2. The molecule has 33 heavy (non-hydrogen) atoms. The van der Waals surface area contributed by atoms with Crippen LogP contribution in [0.5, 0.6) is 0 Å². The third-order valence-electron chi connectivity index (χ3n) is 6.39. The first-order chi connectivity index (χ1) is 15.8. The maximum atomic E-state index is 13.2. The van der Waals surface area contributed by atoms with E-state index in [1.807, 2.05) is 38.1 Å². The predicted octanol–water partition coefficient (Wildman–Crippen LogP) is 3.12. The minimum absolute atomic E-state index is 0.142. The normalized spacial score (nSPS) is 16.5. The molecule has 3 rings (SSSR count). The molecular formula is C25H32N4O4. The van der Waals surface area contributed by atoms with Gasteiger partial charge in [0.15, 0.2) is 0 Å². The van der Waals surface area contributed by atoms with E-state index in [1.54, 1.807) is 12.4 Å². The lowest BCUT2D eigenvalue weighted by molar-refractivity contribution is -0.143. The number of nitrogens with one attached hydrogen (secondary N) is 2. The van der Waals surface area contributed by atoms with E-state index in [2.05, 4.69) is 20.6 Å². The zero-order chi connectivity index (χ0) is 23.8. The maximum Gasteiger partial charge on any atom is 0.326 e.